The number of aliphatic hydroxyl groups excluding tert-OH is 3. The Morgan fingerprint density at radius 2 is 1.55 bits per heavy atom. The Balaban J connectivity index is 1.27. The zero-order chi connectivity index (χ0) is 30.6. The van der Waals surface area contributed by atoms with E-state index in [1.807, 2.05) is 0 Å². The van der Waals surface area contributed by atoms with Gasteiger partial charge in [0.25, 0.3) is 0 Å². The average Bonchev–Trinajstić information content (AvgIpc) is 2.91. The summed E-state index contributed by atoms with van der Waals surface area (Å²) in [5, 5.41) is 41.8. The lowest BCUT2D eigenvalue weighted by atomic mass is 9.38. The molecular weight excluding hydrogens is 532 g/mol. The van der Waals surface area contributed by atoms with Crippen LogP contribution in [0.4, 0.5) is 0 Å². The van der Waals surface area contributed by atoms with E-state index in [0.29, 0.717) is 11.8 Å². The fraction of sp³-hybridized carbons (Fsp3) is 0.914. The van der Waals surface area contributed by atoms with Crippen molar-refractivity contribution in [3.8, 4) is 0 Å². The average molecular weight is 589 g/mol. The van der Waals surface area contributed by atoms with E-state index in [0.717, 1.165) is 70.6 Å². The molecule has 5 aliphatic carbocycles. The van der Waals surface area contributed by atoms with Crippen LogP contribution in [0.3, 0.4) is 0 Å². The van der Waals surface area contributed by atoms with Crippen LogP contribution in [0, 0.1) is 44.8 Å². The number of carboxylic acids is 1. The standard InChI is InChI=1S/C35H56O7/c1-19-26(36)27(37)28(38)29(41-19)42-25-12-14-34(7)23(32(25,4)5)11-13-33(6)21-10-15-35(30(39)40)17-16-31(2,3)18-22(35)20(21)8-9-24(33)34/h19,22-29,36-38H,8-18H2,1-7H3,(H,39,40)/t19-,22-,23+,24+,25+,26-,27+,28-,29+,33+,34+,35-/m1/s1. The molecule has 238 valence electrons. The summed E-state index contributed by atoms with van der Waals surface area (Å²) in [6.45, 7) is 16.0. The van der Waals surface area contributed by atoms with Crippen LogP contribution in [-0.2, 0) is 14.3 Å². The van der Waals surface area contributed by atoms with Gasteiger partial charge in [-0.15, -0.1) is 0 Å². The molecule has 0 bridgehead atoms. The highest BCUT2D eigenvalue weighted by atomic mass is 16.7. The van der Waals surface area contributed by atoms with Gasteiger partial charge in [0, 0.05) is 0 Å². The number of carboxylic acid groups (broad SMARTS) is 1. The van der Waals surface area contributed by atoms with Crippen molar-refractivity contribution in [2.24, 2.45) is 44.8 Å². The zero-order valence-electron chi connectivity index (χ0n) is 27.0. The van der Waals surface area contributed by atoms with E-state index in [9.17, 15) is 25.2 Å². The summed E-state index contributed by atoms with van der Waals surface area (Å²) in [7, 11) is 0. The van der Waals surface area contributed by atoms with Gasteiger partial charge in [0.05, 0.1) is 17.6 Å². The fourth-order valence-corrected chi connectivity index (χ4v) is 11.8. The molecule has 1 saturated heterocycles. The predicted molar refractivity (Wildman–Crippen MR) is 159 cm³/mol. The van der Waals surface area contributed by atoms with Crippen molar-refractivity contribution in [2.45, 2.75) is 156 Å². The number of rotatable bonds is 3. The van der Waals surface area contributed by atoms with Gasteiger partial charge in [-0.2, -0.15) is 0 Å². The third-order valence-corrected chi connectivity index (χ3v) is 14.2. The van der Waals surface area contributed by atoms with Gasteiger partial charge < -0.3 is 29.9 Å². The molecule has 6 rings (SSSR count). The van der Waals surface area contributed by atoms with E-state index >= 15 is 0 Å². The van der Waals surface area contributed by atoms with Gasteiger partial charge in [-0.05, 0) is 117 Å². The van der Waals surface area contributed by atoms with Crippen LogP contribution < -0.4 is 0 Å². The summed E-state index contributed by atoms with van der Waals surface area (Å²) in [5.41, 5.74) is 2.83. The Hall–Kier alpha value is -0.990. The van der Waals surface area contributed by atoms with E-state index in [2.05, 4.69) is 41.5 Å². The summed E-state index contributed by atoms with van der Waals surface area (Å²) >= 11 is 0. The van der Waals surface area contributed by atoms with Crippen LogP contribution >= 0.6 is 0 Å². The molecule has 7 nitrogen and oxygen atoms in total. The molecule has 1 heterocycles. The molecule has 3 saturated carbocycles. The number of hydrogen-bond donors (Lipinski definition) is 4. The predicted octanol–water partition coefficient (Wildman–Crippen LogP) is 5.84. The number of allylic oxidation sites excluding steroid dienone is 2. The monoisotopic (exact) mass is 588 g/mol. The van der Waals surface area contributed by atoms with E-state index in [4.69, 9.17) is 9.47 Å². The van der Waals surface area contributed by atoms with Crippen molar-refractivity contribution in [1.82, 2.24) is 0 Å². The molecule has 0 spiro atoms. The molecular formula is C35H56O7. The number of carbonyl (C=O) groups is 1. The van der Waals surface area contributed by atoms with Gasteiger partial charge in [-0.25, -0.2) is 0 Å². The Morgan fingerprint density at radius 1 is 0.833 bits per heavy atom. The first-order chi connectivity index (χ1) is 19.5. The Bertz CT molecular complexity index is 1130. The quantitative estimate of drug-likeness (QED) is 0.242. The largest absolute Gasteiger partial charge is 0.481 e. The lowest BCUT2D eigenvalue weighted by Crippen LogP contribution is -2.63. The van der Waals surface area contributed by atoms with Crippen molar-refractivity contribution in [3.05, 3.63) is 11.1 Å². The number of ether oxygens (including phenoxy) is 2. The van der Waals surface area contributed by atoms with Crippen LogP contribution in [0.1, 0.15) is 119 Å². The molecule has 0 unspecified atom stereocenters. The summed E-state index contributed by atoms with van der Waals surface area (Å²) in [4.78, 5) is 12.8. The molecule has 6 aliphatic rings. The van der Waals surface area contributed by atoms with Crippen LogP contribution in [0.5, 0.6) is 0 Å². The van der Waals surface area contributed by atoms with E-state index in [-0.39, 0.29) is 33.7 Å². The highest BCUT2D eigenvalue weighted by Crippen LogP contribution is 2.71. The SMILES string of the molecule is C[C@H]1O[C@@H](O[C@H]2CC[C@]3(C)[C@H]4CCC5=C(CC[C@@]6(C(=O)O)CCC(C)(C)C[C@H]56)[C@]4(C)CC[C@H]3C2(C)C)[C@H](O)[C@@H](O)[C@@H]1O. The lowest BCUT2D eigenvalue weighted by Gasteiger charge is -2.67. The van der Waals surface area contributed by atoms with Crippen LogP contribution in [0.15, 0.2) is 11.1 Å². The molecule has 0 aromatic heterocycles. The Morgan fingerprint density at radius 3 is 2.24 bits per heavy atom. The fourth-order valence-electron chi connectivity index (χ4n) is 11.8. The van der Waals surface area contributed by atoms with Gasteiger partial charge in [0.15, 0.2) is 6.29 Å². The molecule has 12 atom stereocenters. The summed E-state index contributed by atoms with van der Waals surface area (Å²) in [6, 6.07) is 0. The van der Waals surface area contributed by atoms with Gasteiger partial charge in [0.1, 0.15) is 18.3 Å². The highest BCUT2D eigenvalue weighted by Gasteiger charge is 2.65. The topological polar surface area (TPSA) is 116 Å². The normalized spacial score (nSPS) is 51.5. The molecule has 0 amide bonds. The number of aliphatic hydroxyl groups is 3. The maximum absolute atomic E-state index is 12.8. The minimum absolute atomic E-state index is 0.104. The first kappa shape index (κ1) is 31.0. The van der Waals surface area contributed by atoms with Crippen molar-refractivity contribution < 1.29 is 34.7 Å². The van der Waals surface area contributed by atoms with Gasteiger partial charge in [0.2, 0.25) is 0 Å². The van der Waals surface area contributed by atoms with Crippen LogP contribution in [-0.4, -0.2) is 63.2 Å². The van der Waals surface area contributed by atoms with E-state index < -0.39 is 42.1 Å². The minimum atomic E-state index is -1.29. The zero-order valence-corrected chi connectivity index (χ0v) is 27.0. The second kappa shape index (κ2) is 10.0. The first-order valence-corrected chi connectivity index (χ1v) is 16.8. The van der Waals surface area contributed by atoms with E-state index in [1.165, 1.54) is 5.57 Å². The number of hydrogen-bond acceptors (Lipinski definition) is 6. The van der Waals surface area contributed by atoms with Gasteiger partial charge in [-0.1, -0.05) is 52.7 Å². The lowest BCUT2D eigenvalue weighted by molar-refractivity contribution is -0.323. The molecule has 7 heteroatoms. The first-order valence-electron chi connectivity index (χ1n) is 16.8. The third kappa shape index (κ3) is 4.34. The van der Waals surface area contributed by atoms with Crippen LogP contribution in [0.2, 0.25) is 0 Å². The maximum atomic E-state index is 12.8. The molecule has 0 radical (unpaired) electrons. The van der Waals surface area contributed by atoms with Crippen LogP contribution in [0.25, 0.3) is 0 Å². The van der Waals surface area contributed by atoms with Crippen molar-refractivity contribution in [3.63, 3.8) is 0 Å². The van der Waals surface area contributed by atoms with Crippen molar-refractivity contribution >= 4 is 5.97 Å². The Kier molecular flexibility index (Phi) is 7.39. The molecule has 4 fully saturated rings. The van der Waals surface area contributed by atoms with Crippen molar-refractivity contribution in [1.29, 1.82) is 0 Å². The maximum Gasteiger partial charge on any atom is 0.310 e. The minimum Gasteiger partial charge on any atom is -0.481 e. The van der Waals surface area contributed by atoms with Gasteiger partial charge >= 0.3 is 5.97 Å². The second-order valence-electron chi connectivity index (χ2n) is 17.2. The highest BCUT2D eigenvalue weighted by molar-refractivity contribution is 5.76. The summed E-state index contributed by atoms with van der Waals surface area (Å²) in [6.07, 6.45) is 5.38. The smallest absolute Gasteiger partial charge is 0.310 e. The Labute approximate surface area is 252 Å². The second-order valence-corrected chi connectivity index (χ2v) is 17.2. The summed E-state index contributed by atoms with van der Waals surface area (Å²) < 4.78 is 12.3. The molecule has 1 aliphatic heterocycles. The molecule has 0 aromatic carbocycles. The number of aliphatic carboxylic acids is 1. The van der Waals surface area contributed by atoms with Crippen molar-refractivity contribution in [2.75, 3.05) is 0 Å². The summed E-state index contributed by atoms with van der Waals surface area (Å²) in [5.74, 6) is 0.587. The van der Waals surface area contributed by atoms with Gasteiger partial charge in [-0.3, -0.25) is 4.79 Å². The number of fused-ring (bicyclic) bond motifs is 6. The molecule has 4 N–H and O–H groups in total. The van der Waals surface area contributed by atoms with E-state index in [1.54, 1.807) is 12.5 Å². The molecule has 42 heavy (non-hydrogen) atoms. The third-order valence-electron chi connectivity index (χ3n) is 14.2. The molecule has 0 aromatic rings.